The van der Waals surface area contributed by atoms with Crippen LogP contribution in [0.1, 0.15) is 37.9 Å². The number of hydrogen-bond donors (Lipinski definition) is 1. The zero-order valence-corrected chi connectivity index (χ0v) is 22.7. The van der Waals surface area contributed by atoms with E-state index in [9.17, 15) is 14.4 Å². The van der Waals surface area contributed by atoms with E-state index in [-0.39, 0.29) is 17.7 Å². The van der Waals surface area contributed by atoms with E-state index in [1.807, 2.05) is 6.92 Å². The summed E-state index contributed by atoms with van der Waals surface area (Å²) in [7, 11) is 1.54. The van der Waals surface area contributed by atoms with Gasteiger partial charge in [0.15, 0.2) is 22.9 Å². The Morgan fingerprint density at radius 1 is 1.10 bits per heavy atom. The maximum atomic E-state index is 13.8. The molecule has 3 aromatic rings. The molecular weight excluding hydrogens is 524 g/mol. The number of hydrogen-bond acceptors (Lipinski definition) is 9. The Morgan fingerprint density at radius 3 is 2.59 bits per heavy atom. The lowest BCUT2D eigenvalue weighted by Gasteiger charge is -2.25. The number of ether oxygens (including phenoxy) is 4. The molecule has 0 saturated carbocycles. The maximum absolute atomic E-state index is 13.8. The molecule has 0 radical (unpaired) electrons. The maximum Gasteiger partial charge on any atom is 0.341 e. The van der Waals surface area contributed by atoms with Crippen LogP contribution in [0.5, 0.6) is 17.2 Å². The van der Waals surface area contributed by atoms with Gasteiger partial charge in [0.1, 0.15) is 5.75 Å². The molecule has 2 aromatic carbocycles. The van der Waals surface area contributed by atoms with Crippen molar-refractivity contribution in [1.82, 2.24) is 4.57 Å². The van der Waals surface area contributed by atoms with Crippen molar-refractivity contribution in [1.29, 1.82) is 0 Å². The summed E-state index contributed by atoms with van der Waals surface area (Å²) in [5.74, 6) is -0.284. The van der Waals surface area contributed by atoms with E-state index in [2.05, 4.69) is 4.99 Å². The second kappa shape index (κ2) is 12.0. The van der Waals surface area contributed by atoms with Gasteiger partial charge in [0.05, 0.1) is 42.2 Å². The van der Waals surface area contributed by atoms with Gasteiger partial charge in [0, 0.05) is 0 Å². The predicted octanol–water partition coefficient (Wildman–Crippen LogP) is 2.67. The summed E-state index contributed by atoms with van der Waals surface area (Å²) in [4.78, 5) is 42.8. The van der Waals surface area contributed by atoms with Crippen molar-refractivity contribution in [3.63, 3.8) is 0 Å². The summed E-state index contributed by atoms with van der Waals surface area (Å²) >= 11 is 1.18. The average molecular weight is 553 g/mol. The van der Waals surface area contributed by atoms with Gasteiger partial charge in [-0.3, -0.25) is 9.36 Å². The summed E-state index contributed by atoms with van der Waals surface area (Å²) < 4.78 is 23.6. The average Bonchev–Trinajstić information content (AvgIpc) is 3.21. The SMILES string of the molecule is CCOC(=O)C1=C(C)N=c2s/c(=C\c3cccc(OCC(=O)O)c3)c(=O)n2[C@@H]1c1ccc(OC)c(OCC)c1. The first-order valence-corrected chi connectivity index (χ1v) is 13.0. The molecule has 11 heteroatoms. The number of aliphatic carboxylic acids is 1. The number of carbonyl (C=O) groups is 2. The standard InChI is InChI=1S/C28H28N2O8S/c1-5-36-21-14-18(10-11-20(21)35-4)25-24(27(34)37-6-2)16(3)29-28-30(25)26(33)22(39-28)13-17-8-7-9-19(12-17)38-15-23(31)32/h7-14,25H,5-6,15H2,1-4H3,(H,31,32)/b22-13-/t25-/m1/s1. The van der Waals surface area contributed by atoms with Gasteiger partial charge in [-0.05, 0) is 62.2 Å². The number of thiazole rings is 1. The van der Waals surface area contributed by atoms with Crippen molar-refractivity contribution < 1.29 is 33.6 Å². The summed E-state index contributed by atoms with van der Waals surface area (Å²) in [6.45, 7) is 5.37. The van der Waals surface area contributed by atoms with Gasteiger partial charge in [-0.15, -0.1) is 0 Å². The zero-order valence-electron chi connectivity index (χ0n) is 21.9. The molecule has 10 nitrogen and oxygen atoms in total. The van der Waals surface area contributed by atoms with E-state index in [1.54, 1.807) is 62.4 Å². The van der Waals surface area contributed by atoms with Gasteiger partial charge in [0.2, 0.25) is 0 Å². The molecule has 204 valence electrons. The Hall–Kier alpha value is -4.38. The quantitative estimate of drug-likeness (QED) is 0.381. The third-order valence-electron chi connectivity index (χ3n) is 5.84. The molecule has 0 amide bonds. The number of carboxylic acids is 1. The Balaban J connectivity index is 1.89. The summed E-state index contributed by atoms with van der Waals surface area (Å²) in [5, 5.41) is 8.88. The number of rotatable bonds is 10. The van der Waals surface area contributed by atoms with Gasteiger partial charge < -0.3 is 24.1 Å². The summed E-state index contributed by atoms with van der Waals surface area (Å²) in [5.41, 5.74) is 1.64. The number of benzene rings is 2. The molecule has 4 rings (SSSR count). The molecule has 0 fully saturated rings. The zero-order chi connectivity index (χ0) is 28.1. The molecule has 1 atom stereocenters. The topological polar surface area (TPSA) is 126 Å². The number of aromatic nitrogens is 1. The molecule has 2 heterocycles. The molecule has 39 heavy (non-hydrogen) atoms. The normalized spacial score (nSPS) is 14.9. The van der Waals surface area contributed by atoms with Crippen LogP contribution in [0.25, 0.3) is 6.08 Å². The van der Waals surface area contributed by atoms with Crippen LogP contribution in [0.2, 0.25) is 0 Å². The highest BCUT2D eigenvalue weighted by molar-refractivity contribution is 7.07. The van der Waals surface area contributed by atoms with Gasteiger partial charge >= 0.3 is 11.9 Å². The van der Waals surface area contributed by atoms with Crippen molar-refractivity contribution in [3.05, 3.63) is 84.5 Å². The first-order chi connectivity index (χ1) is 18.8. The highest BCUT2D eigenvalue weighted by Gasteiger charge is 2.34. The second-order valence-corrected chi connectivity index (χ2v) is 9.41. The van der Waals surface area contributed by atoms with E-state index >= 15 is 0 Å². The number of carbonyl (C=O) groups excluding carboxylic acids is 1. The summed E-state index contributed by atoms with van der Waals surface area (Å²) in [6.07, 6.45) is 1.68. The minimum absolute atomic E-state index is 0.167. The number of allylic oxidation sites excluding steroid dienone is 1. The third kappa shape index (κ3) is 5.88. The molecule has 0 bridgehead atoms. The highest BCUT2D eigenvalue weighted by Crippen LogP contribution is 2.36. The number of nitrogens with zero attached hydrogens (tertiary/aromatic N) is 2. The van der Waals surface area contributed by atoms with E-state index < -0.39 is 24.6 Å². The lowest BCUT2D eigenvalue weighted by molar-refractivity contribution is -0.140. The van der Waals surface area contributed by atoms with Gasteiger partial charge in [0.25, 0.3) is 5.56 Å². The van der Waals surface area contributed by atoms with Crippen LogP contribution in [0.15, 0.2) is 63.5 Å². The molecule has 0 saturated heterocycles. The molecule has 1 aromatic heterocycles. The van der Waals surface area contributed by atoms with Crippen molar-refractivity contribution in [2.24, 2.45) is 4.99 Å². The highest BCUT2D eigenvalue weighted by atomic mass is 32.1. The number of esters is 1. The molecule has 0 unspecified atom stereocenters. The summed E-state index contributed by atoms with van der Waals surface area (Å²) in [6, 6.07) is 11.2. The van der Waals surface area contributed by atoms with E-state index in [0.29, 0.717) is 50.0 Å². The molecule has 0 aliphatic carbocycles. The van der Waals surface area contributed by atoms with Crippen LogP contribution in [-0.4, -0.2) is 48.5 Å². The Labute approximate surface area is 228 Å². The first-order valence-electron chi connectivity index (χ1n) is 12.2. The molecule has 1 aliphatic rings. The Morgan fingerprint density at radius 2 is 1.90 bits per heavy atom. The fourth-order valence-corrected chi connectivity index (χ4v) is 5.28. The predicted molar refractivity (Wildman–Crippen MR) is 144 cm³/mol. The molecule has 0 spiro atoms. The van der Waals surface area contributed by atoms with Crippen LogP contribution in [0.3, 0.4) is 0 Å². The van der Waals surface area contributed by atoms with E-state index in [4.69, 9.17) is 24.1 Å². The number of methoxy groups -OCH3 is 1. The van der Waals surface area contributed by atoms with Crippen LogP contribution in [0.4, 0.5) is 0 Å². The number of fused-ring (bicyclic) bond motifs is 1. The Bertz CT molecular complexity index is 1620. The van der Waals surface area contributed by atoms with Gasteiger partial charge in [-0.1, -0.05) is 29.5 Å². The lowest BCUT2D eigenvalue weighted by atomic mass is 9.95. The largest absolute Gasteiger partial charge is 0.493 e. The molecule has 1 N–H and O–H groups in total. The fourth-order valence-electron chi connectivity index (χ4n) is 4.23. The van der Waals surface area contributed by atoms with Crippen LogP contribution >= 0.6 is 11.3 Å². The molecule has 1 aliphatic heterocycles. The van der Waals surface area contributed by atoms with Gasteiger partial charge in [-0.25, -0.2) is 14.6 Å². The van der Waals surface area contributed by atoms with Crippen molar-refractivity contribution >= 4 is 29.4 Å². The minimum atomic E-state index is -1.09. The van der Waals surface area contributed by atoms with Crippen LogP contribution < -0.4 is 29.1 Å². The van der Waals surface area contributed by atoms with E-state index in [1.165, 1.54) is 23.0 Å². The monoisotopic (exact) mass is 552 g/mol. The van der Waals surface area contributed by atoms with Crippen molar-refractivity contribution in [3.8, 4) is 17.2 Å². The van der Waals surface area contributed by atoms with Crippen molar-refractivity contribution in [2.75, 3.05) is 26.9 Å². The van der Waals surface area contributed by atoms with Crippen LogP contribution in [0, 0.1) is 0 Å². The first kappa shape index (κ1) is 27.6. The Kier molecular flexibility index (Phi) is 8.50. The smallest absolute Gasteiger partial charge is 0.341 e. The fraction of sp³-hybridized carbons (Fsp3) is 0.286. The van der Waals surface area contributed by atoms with E-state index in [0.717, 1.165) is 0 Å². The van der Waals surface area contributed by atoms with Crippen molar-refractivity contribution in [2.45, 2.75) is 26.8 Å². The van der Waals surface area contributed by atoms with Crippen LogP contribution in [-0.2, 0) is 14.3 Å². The second-order valence-electron chi connectivity index (χ2n) is 8.40. The third-order valence-corrected chi connectivity index (χ3v) is 6.82. The molecular formula is C28H28N2O8S. The van der Waals surface area contributed by atoms with Gasteiger partial charge in [-0.2, -0.15) is 0 Å². The number of carboxylic acid groups (broad SMARTS) is 1. The lowest BCUT2D eigenvalue weighted by Crippen LogP contribution is -2.40. The minimum Gasteiger partial charge on any atom is -0.493 e.